The summed E-state index contributed by atoms with van der Waals surface area (Å²) in [5, 5.41) is 0. The summed E-state index contributed by atoms with van der Waals surface area (Å²) in [6, 6.07) is 5.86. The molecule has 0 aliphatic heterocycles. The van der Waals surface area contributed by atoms with E-state index in [-0.39, 0.29) is 12.4 Å². The van der Waals surface area contributed by atoms with Crippen molar-refractivity contribution in [1.82, 2.24) is 0 Å². The molecule has 1 aromatic carbocycles. The van der Waals surface area contributed by atoms with Gasteiger partial charge in [-0.15, -0.1) is 18.2 Å². The number of hydrogen-bond acceptors (Lipinski definition) is 5. The zero-order valence-electron chi connectivity index (χ0n) is 15.3. The summed E-state index contributed by atoms with van der Waals surface area (Å²) in [5.41, 5.74) is 1.13. The molecule has 0 aliphatic carbocycles. The van der Waals surface area contributed by atoms with Gasteiger partial charge in [0, 0.05) is 19.4 Å². The smallest absolute Gasteiger partial charge is 0.161 e. The Morgan fingerprint density at radius 2 is 1.92 bits per heavy atom. The van der Waals surface area contributed by atoms with Crippen LogP contribution in [0.15, 0.2) is 30.9 Å². The molecule has 0 N–H and O–H groups in total. The molecule has 0 heterocycles. The van der Waals surface area contributed by atoms with Crippen molar-refractivity contribution in [3.05, 3.63) is 36.4 Å². The van der Waals surface area contributed by atoms with E-state index in [1.165, 1.54) is 0 Å². The molecule has 0 saturated carbocycles. The predicted molar refractivity (Wildman–Crippen MR) is 99.9 cm³/mol. The van der Waals surface area contributed by atoms with Gasteiger partial charge in [0.25, 0.3) is 0 Å². The van der Waals surface area contributed by atoms with E-state index in [1.54, 1.807) is 14.2 Å². The highest BCUT2D eigenvalue weighted by atomic mass is 35.5. The van der Waals surface area contributed by atoms with Crippen LogP contribution in [0.5, 0.6) is 11.5 Å². The van der Waals surface area contributed by atoms with Gasteiger partial charge in [0.05, 0.1) is 26.4 Å². The van der Waals surface area contributed by atoms with Crippen LogP contribution in [0.3, 0.4) is 0 Å². The molecule has 0 aliphatic rings. The number of halogens is 1. The van der Waals surface area contributed by atoms with Gasteiger partial charge >= 0.3 is 0 Å². The van der Waals surface area contributed by atoms with Crippen LogP contribution in [0.1, 0.15) is 18.9 Å². The molecule has 142 valence electrons. The topological polar surface area (TPSA) is 46.2 Å². The zero-order valence-corrected chi connectivity index (χ0v) is 16.1. The lowest BCUT2D eigenvalue weighted by Gasteiger charge is -2.20. The standard InChI is InChI=1S/C19H29ClO5/c1-5-6-16-7-8-17(18(14-16)21-3)24-12-11-23-15(2)13-19(22-4)25-10-9-20/h5,7-8,14-15,19H,1,6,9-13H2,2-4H3. The van der Waals surface area contributed by atoms with Gasteiger partial charge in [0.15, 0.2) is 17.8 Å². The fourth-order valence-electron chi connectivity index (χ4n) is 2.27. The van der Waals surface area contributed by atoms with Gasteiger partial charge in [0.1, 0.15) is 6.61 Å². The summed E-state index contributed by atoms with van der Waals surface area (Å²) >= 11 is 5.61. The number of alkyl halides is 1. The molecule has 2 atom stereocenters. The molecule has 6 heteroatoms. The number of allylic oxidation sites excluding steroid dienone is 1. The van der Waals surface area contributed by atoms with E-state index in [0.717, 1.165) is 12.0 Å². The van der Waals surface area contributed by atoms with Crippen LogP contribution >= 0.6 is 11.6 Å². The third-order valence-corrected chi connectivity index (χ3v) is 3.67. The number of ether oxygens (including phenoxy) is 5. The average Bonchev–Trinajstić information content (AvgIpc) is 2.63. The van der Waals surface area contributed by atoms with Crippen molar-refractivity contribution in [1.29, 1.82) is 0 Å². The van der Waals surface area contributed by atoms with Gasteiger partial charge in [-0.05, 0) is 31.0 Å². The van der Waals surface area contributed by atoms with E-state index in [2.05, 4.69) is 6.58 Å². The SMILES string of the molecule is C=CCc1ccc(OCCOC(C)CC(OC)OCCCl)c(OC)c1. The summed E-state index contributed by atoms with van der Waals surface area (Å²) in [6.07, 6.45) is 2.96. The molecule has 1 aromatic rings. The summed E-state index contributed by atoms with van der Waals surface area (Å²) in [7, 11) is 3.24. The van der Waals surface area contributed by atoms with E-state index in [4.69, 9.17) is 35.3 Å². The summed E-state index contributed by atoms with van der Waals surface area (Å²) in [6.45, 7) is 7.07. The molecule has 25 heavy (non-hydrogen) atoms. The largest absolute Gasteiger partial charge is 0.493 e. The van der Waals surface area contributed by atoms with Gasteiger partial charge < -0.3 is 23.7 Å². The first-order chi connectivity index (χ1) is 12.1. The third kappa shape index (κ3) is 8.59. The van der Waals surface area contributed by atoms with E-state index < -0.39 is 0 Å². The van der Waals surface area contributed by atoms with Gasteiger partial charge in [-0.25, -0.2) is 0 Å². The highest BCUT2D eigenvalue weighted by Crippen LogP contribution is 2.28. The van der Waals surface area contributed by atoms with Crippen molar-refractivity contribution in [3.8, 4) is 11.5 Å². The second kappa shape index (κ2) is 13.0. The number of methoxy groups -OCH3 is 2. The van der Waals surface area contributed by atoms with Crippen molar-refractivity contribution < 1.29 is 23.7 Å². The first-order valence-electron chi connectivity index (χ1n) is 8.37. The Labute approximate surface area is 155 Å². The summed E-state index contributed by atoms with van der Waals surface area (Å²) in [5.74, 6) is 1.85. The molecule has 0 spiro atoms. The van der Waals surface area contributed by atoms with Gasteiger partial charge in [-0.1, -0.05) is 12.1 Å². The predicted octanol–water partition coefficient (Wildman–Crippen LogP) is 3.83. The first-order valence-corrected chi connectivity index (χ1v) is 8.90. The first kappa shape index (κ1) is 21.8. The van der Waals surface area contributed by atoms with E-state index in [0.29, 0.717) is 43.6 Å². The number of rotatable bonds is 14. The second-order valence-corrected chi connectivity index (χ2v) is 5.85. The molecule has 1 rings (SSSR count). The highest BCUT2D eigenvalue weighted by Gasteiger charge is 2.13. The van der Waals surface area contributed by atoms with Crippen molar-refractivity contribution in [2.24, 2.45) is 0 Å². The maximum Gasteiger partial charge on any atom is 0.161 e. The Balaban J connectivity index is 2.35. The monoisotopic (exact) mass is 372 g/mol. The lowest BCUT2D eigenvalue weighted by Crippen LogP contribution is -2.25. The van der Waals surface area contributed by atoms with E-state index in [9.17, 15) is 0 Å². The third-order valence-electron chi connectivity index (χ3n) is 3.52. The maximum atomic E-state index is 5.75. The van der Waals surface area contributed by atoms with Crippen LogP contribution in [0, 0.1) is 0 Å². The van der Waals surface area contributed by atoms with Crippen LogP contribution in [0.2, 0.25) is 0 Å². The Morgan fingerprint density at radius 1 is 1.12 bits per heavy atom. The van der Waals surface area contributed by atoms with Gasteiger partial charge in [0.2, 0.25) is 0 Å². The van der Waals surface area contributed by atoms with Crippen LogP contribution in [0.25, 0.3) is 0 Å². The lowest BCUT2D eigenvalue weighted by atomic mass is 10.1. The van der Waals surface area contributed by atoms with Crippen molar-refractivity contribution in [3.63, 3.8) is 0 Å². The van der Waals surface area contributed by atoms with Gasteiger partial charge in [-0.2, -0.15) is 0 Å². The number of hydrogen-bond donors (Lipinski definition) is 0. The van der Waals surface area contributed by atoms with Crippen LogP contribution in [0.4, 0.5) is 0 Å². The second-order valence-electron chi connectivity index (χ2n) is 5.47. The molecular formula is C19H29ClO5. The van der Waals surface area contributed by atoms with Gasteiger partial charge in [-0.3, -0.25) is 0 Å². The molecule has 0 amide bonds. The Kier molecular flexibility index (Phi) is 11.3. The minimum atomic E-state index is -0.313. The molecule has 0 fully saturated rings. The fourth-order valence-corrected chi connectivity index (χ4v) is 2.36. The fraction of sp³-hybridized carbons (Fsp3) is 0.579. The lowest BCUT2D eigenvalue weighted by molar-refractivity contribution is -0.142. The normalized spacial score (nSPS) is 13.3. The Hall–Kier alpha value is -1.27. The molecule has 0 aromatic heterocycles. The molecule has 0 saturated heterocycles. The molecule has 0 radical (unpaired) electrons. The van der Waals surface area contributed by atoms with Crippen LogP contribution in [-0.4, -0.2) is 52.3 Å². The molecule has 5 nitrogen and oxygen atoms in total. The Morgan fingerprint density at radius 3 is 2.56 bits per heavy atom. The van der Waals surface area contributed by atoms with Crippen molar-refractivity contribution >= 4 is 11.6 Å². The summed E-state index contributed by atoms with van der Waals surface area (Å²) < 4.78 is 27.6. The molecule has 0 bridgehead atoms. The minimum Gasteiger partial charge on any atom is -0.493 e. The average molecular weight is 373 g/mol. The number of benzene rings is 1. The van der Waals surface area contributed by atoms with E-state index in [1.807, 2.05) is 31.2 Å². The maximum absolute atomic E-state index is 5.75. The highest BCUT2D eigenvalue weighted by molar-refractivity contribution is 6.17. The minimum absolute atomic E-state index is 0.0132. The van der Waals surface area contributed by atoms with Crippen molar-refractivity contribution in [2.45, 2.75) is 32.2 Å². The zero-order chi connectivity index (χ0) is 18.5. The van der Waals surface area contributed by atoms with E-state index >= 15 is 0 Å². The Bertz CT molecular complexity index is 495. The summed E-state index contributed by atoms with van der Waals surface area (Å²) in [4.78, 5) is 0. The van der Waals surface area contributed by atoms with Crippen LogP contribution < -0.4 is 9.47 Å². The quantitative estimate of drug-likeness (QED) is 0.215. The van der Waals surface area contributed by atoms with Crippen molar-refractivity contribution in [2.75, 3.05) is 39.9 Å². The molecular weight excluding hydrogens is 344 g/mol. The van der Waals surface area contributed by atoms with Crippen LogP contribution in [-0.2, 0) is 20.6 Å². The molecule has 2 unspecified atom stereocenters.